The highest BCUT2D eigenvalue weighted by molar-refractivity contribution is 6.01. The van der Waals surface area contributed by atoms with E-state index >= 15 is 0 Å². The first kappa shape index (κ1) is 23.6. The maximum atomic E-state index is 12.8. The minimum atomic E-state index is -1.76. The predicted molar refractivity (Wildman–Crippen MR) is 107 cm³/mol. The van der Waals surface area contributed by atoms with Crippen molar-refractivity contribution in [3.05, 3.63) is 41.5 Å². The highest BCUT2D eigenvalue weighted by Gasteiger charge is 2.45. The second-order valence-electron chi connectivity index (χ2n) is 7.40. The van der Waals surface area contributed by atoms with Crippen LogP contribution in [0.1, 0.15) is 22.3 Å². The number of carbonyl (C=O) groups is 1. The number of carbonyl (C=O) groups excluding carboxylic acids is 1. The number of phenols is 4. The third-order valence-electron chi connectivity index (χ3n) is 5.12. The number of rotatable bonds is 7. The molecule has 0 radical (unpaired) electrons. The molecule has 32 heavy (non-hydrogen) atoms. The van der Waals surface area contributed by atoms with Crippen LogP contribution >= 0.6 is 0 Å². The average molecular weight is 452 g/mol. The first-order valence-corrected chi connectivity index (χ1v) is 9.69. The van der Waals surface area contributed by atoms with Crippen molar-refractivity contribution in [3.8, 4) is 28.7 Å². The molecule has 0 aliphatic carbocycles. The molecule has 0 saturated carbocycles. The Hall–Kier alpha value is -3.09. The molecule has 3 rings (SSSR count). The van der Waals surface area contributed by atoms with Crippen LogP contribution in [0, 0.1) is 0 Å². The second-order valence-corrected chi connectivity index (χ2v) is 7.40. The van der Waals surface area contributed by atoms with Crippen molar-refractivity contribution in [2.75, 3.05) is 6.61 Å². The Morgan fingerprint density at radius 1 is 0.906 bits per heavy atom. The lowest BCUT2D eigenvalue weighted by Crippen LogP contribution is -2.60. The zero-order valence-electron chi connectivity index (χ0n) is 16.7. The summed E-state index contributed by atoms with van der Waals surface area (Å²) in [4.78, 5) is 12.8. The number of aromatic hydroxyl groups is 4. The topological polar surface area (TPSA) is 197 Å². The summed E-state index contributed by atoms with van der Waals surface area (Å²) in [6.07, 6.45) is -8.02. The fraction of sp³-hybridized carbons (Fsp3) is 0.381. The van der Waals surface area contributed by atoms with E-state index in [2.05, 4.69) is 0 Å². The van der Waals surface area contributed by atoms with Crippen molar-refractivity contribution < 1.29 is 55.1 Å². The van der Waals surface area contributed by atoms with Gasteiger partial charge in [0.15, 0.2) is 17.3 Å². The lowest BCUT2D eigenvalue weighted by Gasteiger charge is -2.39. The quantitative estimate of drug-likeness (QED) is 0.199. The number of ether oxygens (including phenoxy) is 2. The van der Waals surface area contributed by atoms with Gasteiger partial charge in [-0.25, -0.2) is 0 Å². The lowest BCUT2D eigenvalue weighted by atomic mass is 9.99. The van der Waals surface area contributed by atoms with Gasteiger partial charge in [0, 0.05) is 18.6 Å². The summed E-state index contributed by atoms with van der Waals surface area (Å²) in [7, 11) is 0. The molecule has 0 spiro atoms. The minimum Gasteiger partial charge on any atom is -0.508 e. The van der Waals surface area contributed by atoms with Gasteiger partial charge in [0.05, 0.1) is 6.61 Å². The Morgan fingerprint density at radius 2 is 1.62 bits per heavy atom. The molecule has 0 bridgehead atoms. The van der Waals surface area contributed by atoms with Crippen LogP contribution in [-0.4, -0.2) is 83.9 Å². The molecule has 0 aromatic heterocycles. The Morgan fingerprint density at radius 3 is 2.28 bits per heavy atom. The summed E-state index contributed by atoms with van der Waals surface area (Å²) in [6.45, 7) is -0.693. The molecule has 1 fully saturated rings. The molecule has 11 heteroatoms. The molecule has 0 amide bonds. The van der Waals surface area contributed by atoms with Crippen LogP contribution in [0.2, 0.25) is 0 Å². The molecule has 1 aliphatic rings. The van der Waals surface area contributed by atoms with Gasteiger partial charge in [-0.15, -0.1) is 0 Å². The first-order chi connectivity index (χ1) is 15.1. The summed E-state index contributed by atoms with van der Waals surface area (Å²) in [5, 5.41) is 78.2. The van der Waals surface area contributed by atoms with Crippen LogP contribution in [0.25, 0.3) is 0 Å². The number of hydrogen-bond acceptors (Lipinski definition) is 11. The van der Waals surface area contributed by atoms with E-state index in [-0.39, 0.29) is 35.7 Å². The van der Waals surface area contributed by atoms with Crippen LogP contribution in [0.15, 0.2) is 30.3 Å². The Balaban J connectivity index is 1.82. The summed E-state index contributed by atoms with van der Waals surface area (Å²) in [6, 6.07) is 5.97. The fourth-order valence-electron chi connectivity index (χ4n) is 3.36. The van der Waals surface area contributed by atoms with Gasteiger partial charge in [0.1, 0.15) is 47.2 Å². The summed E-state index contributed by atoms with van der Waals surface area (Å²) in [5.74, 6) is -2.70. The molecule has 174 valence electrons. The summed E-state index contributed by atoms with van der Waals surface area (Å²) >= 11 is 0. The van der Waals surface area contributed by atoms with Gasteiger partial charge in [-0.05, 0) is 24.1 Å². The molecular weight excluding hydrogens is 428 g/mol. The molecule has 2 aromatic rings. The standard InChI is InChI=1S/C21H24O11/c22-8-16-18(28)19(29)20(30)21(32-16)31-15-7-10(23)6-14(27)17(15)12(25)4-2-9-1-3-11(24)13(26)5-9/h1,3,5-7,16,18-24,26-30H,2,4,8H2/t16-,18-,19+,20-,21-/m1/s1. The Labute approximate surface area is 182 Å². The van der Waals surface area contributed by atoms with Crippen LogP contribution in [0.4, 0.5) is 0 Å². The van der Waals surface area contributed by atoms with Crippen molar-refractivity contribution in [3.63, 3.8) is 0 Å². The van der Waals surface area contributed by atoms with E-state index in [0.717, 1.165) is 12.1 Å². The van der Waals surface area contributed by atoms with Crippen molar-refractivity contribution in [1.82, 2.24) is 0 Å². The number of phenolic OH excluding ortho intramolecular Hbond substituents is 4. The van der Waals surface area contributed by atoms with E-state index in [0.29, 0.717) is 5.56 Å². The largest absolute Gasteiger partial charge is 0.508 e. The Bertz CT molecular complexity index is 974. The van der Waals surface area contributed by atoms with Gasteiger partial charge >= 0.3 is 0 Å². The van der Waals surface area contributed by atoms with Gasteiger partial charge in [-0.3, -0.25) is 4.79 Å². The smallest absolute Gasteiger partial charge is 0.229 e. The normalized spacial score (nSPS) is 25.4. The molecule has 1 saturated heterocycles. The maximum absolute atomic E-state index is 12.8. The van der Waals surface area contributed by atoms with E-state index in [1.165, 1.54) is 18.2 Å². The number of aliphatic hydroxyl groups excluding tert-OH is 4. The Kier molecular flexibility index (Phi) is 7.06. The van der Waals surface area contributed by atoms with Gasteiger partial charge in [-0.1, -0.05) is 6.07 Å². The molecule has 2 aromatic carbocycles. The third-order valence-corrected chi connectivity index (χ3v) is 5.12. The predicted octanol–water partition coefficient (Wildman–Crippen LogP) is -0.497. The van der Waals surface area contributed by atoms with Crippen molar-refractivity contribution in [2.45, 2.75) is 43.5 Å². The number of ketones is 1. The molecule has 1 heterocycles. The lowest BCUT2D eigenvalue weighted by molar-refractivity contribution is -0.277. The zero-order valence-corrected chi connectivity index (χ0v) is 16.7. The van der Waals surface area contributed by atoms with Gasteiger partial charge < -0.3 is 50.3 Å². The van der Waals surface area contributed by atoms with Crippen LogP contribution in [0.5, 0.6) is 28.7 Å². The van der Waals surface area contributed by atoms with E-state index in [9.17, 15) is 45.6 Å². The van der Waals surface area contributed by atoms with E-state index in [4.69, 9.17) is 9.47 Å². The average Bonchev–Trinajstić information content (AvgIpc) is 2.74. The molecule has 5 atom stereocenters. The molecule has 11 nitrogen and oxygen atoms in total. The fourth-order valence-corrected chi connectivity index (χ4v) is 3.36. The molecule has 8 N–H and O–H groups in total. The highest BCUT2D eigenvalue weighted by atomic mass is 16.7. The summed E-state index contributed by atoms with van der Waals surface area (Å²) < 4.78 is 10.7. The van der Waals surface area contributed by atoms with E-state index in [1.807, 2.05) is 0 Å². The number of aryl methyl sites for hydroxylation is 1. The summed E-state index contributed by atoms with van der Waals surface area (Å²) in [5.41, 5.74) is 0.200. The van der Waals surface area contributed by atoms with Gasteiger partial charge in [-0.2, -0.15) is 0 Å². The maximum Gasteiger partial charge on any atom is 0.229 e. The second kappa shape index (κ2) is 9.59. The monoisotopic (exact) mass is 452 g/mol. The van der Waals surface area contributed by atoms with Crippen LogP contribution in [0.3, 0.4) is 0 Å². The number of Topliss-reactive ketones (excluding diaryl/α,β-unsaturated/α-hetero) is 1. The van der Waals surface area contributed by atoms with Crippen molar-refractivity contribution in [2.24, 2.45) is 0 Å². The van der Waals surface area contributed by atoms with Crippen LogP contribution < -0.4 is 4.74 Å². The van der Waals surface area contributed by atoms with Crippen LogP contribution in [-0.2, 0) is 11.2 Å². The SMILES string of the molecule is O=C(CCc1ccc(O)c(O)c1)c1c(O)cc(O)cc1O[C@@H]1O[C@H](CO)[C@@H](O)[C@H](O)[C@H]1O. The molecule has 0 unspecified atom stereocenters. The van der Waals surface area contributed by atoms with Crippen molar-refractivity contribution >= 4 is 5.78 Å². The van der Waals surface area contributed by atoms with E-state index < -0.39 is 54.6 Å². The number of benzene rings is 2. The van der Waals surface area contributed by atoms with E-state index in [1.54, 1.807) is 0 Å². The zero-order chi connectivity index (χ0) is 23.6. The molecular formula is C21H24O11. The number of aliphatic hydroxyl groups is 4. The van der Waals surface area contributed by atoms with Crippen molar-refractivity contribution in [1.29, 1.82) is 0 Å². The van der Waals surface area contributed by atoms with Gasteiger partial charge in [0.2, 0.25) is 6.29 Å². The minimum absolute atomic E-state index is 0.131. The molecule has 1 aliphatic heterocycles. The third kappa shape index (κ3) is 4.87. The number of hydrogen-bond donors (Lipinski definition) is 8. The van der Waals surface area contributed by atoms with Gasteiger partial charge in [0.25, 0.3) is 0 Å². The first-order valence-electron chi connectivity index (χ1n) is 9.69. The highest BCUT2D eigenvalue weighted by Crippen LogP contribution is 2.36.